The summed E-state index contributed by atoms with van der Waals surface area (Å²) in [5.74, 6) is -3.88. The summed E-state index contributed by atoms with van der Waals surface area (Å²) < 4.78 is 40.0. The van der Waals surface area contributed by atoms with Crippen LogP contribution in [0.4, 0.5) is 13.2 Å². The molecule has 3 rings (SSSR count). The molecule has 0 saturated heterocycles. The predicted molar refractivity (Wildman–Crippen MR) is 66.5 cm³/mol. The minimum atomic E-state index is -1.51. The van der Waals surface area contributed by atoms with Gasteiger partial charge < -0.3 is 0 Å². The van der Waals surface area contributed by atoms with Gasteiger partial charge in [0.25, 0.3) is 5.15 Å². The Hall–Kier alpha value is -1.66. The standard InChI is InChI=1S/C12H4ClF3N2S/c13-11-10-8(1-2-19-10)17-12(18-11)5-3-6(14)9(16)7(15)4-5/h1-4H/p+1. The lowest BCUT2D eigenvalue weighted by molar-refractivity contribution is -0.335. The number of fused-ring (bicyclic) bond motifs is 1. The highest BCUT2D eigenvalue weighted by atomic mass is 35.5. The third kappa shape index (κ3) is 2.06. The van der Waals surface area contributed by atoms with E-state index in [0.717, 1.165) is 16.8 Å². The molecule has 2 aromatic heterocycles. The van der Waals surface area contributed by atoms with Crippen LogP contribution in [0.2, 0.25) is 5.15 Å². The van der Waals surface area contributed by atoms with Crippen molar-refractivity contribution in [3.63, 3.8) is 0 Å². The van der Waals surface area contributed by atoms with Crippen molar-refractivity contribution in [2.45, 2.75) is 0 Å². The fraction of sp³-hybridized carbons (Fsp3) is 0. The lowest BCUT2D eigenvalue weighted by atomic mass is 10.2. The molecule has 0 saturated carbocycles. The molecule has 0 spiro atoms. The van der Waals surface area contributed by atoms with Crippen molar-refractivity contribution in [2.75, 3.05) is 0 Å². The van der Waals surface area contributed by atoms with E-state index in [9.17, 15) is 13.2 Å². The quantitative estimate of drug-likeness (QED) is 0.495. The molecule has 0 atom stereocenters. The molecular formula is C12H5ClF3N2S+. The minimum absolute atomic E-state index is 0.0893. The smallest absolute Gasteiger partial charge is 0.235 e. The maximum Gasteiger partial charge on any atom is 0.330 e. The van der Waals surface area contributed by atoms with Crippen LogP contribution in [0, 0.1) is 17.5 Å². The molecule has 0 aliphatic carbocycles. The second-order valence-corrected chi connectivity index (χ2v) is 5.07. The molecule has 0 amide bonds. The third-order valence-corrected chi connectivity index (χ3v) is 3.88. The van der Waals surface area contributed by atoms with Crippen molar-refractivity contribution in [1.29, 1.82) is 0 Å². The van der Waals surface area contributed by atoms with Gasteiger partial charge in [0.15, 0.2) is 17.5 Å². The zero-order valence-electron chi connectivity index (χ0n) is 9.18. The Kier molecular flexibility index (Phi) is 2.91. The Morgan fingerprint density at radius 1 is 1.16 bits per heavy atom. The van der Waals surface area contributed by atoms with E-state index in [4.69, 9.17) is 11.6 Å². The van der Waals surface area contributed by atoms with Gasteiger partial charge in [-0.1, -0.05) is 0 Å². The monoisotopic (exact) mass is 301 g/mol. The summed E-state index contributed by atoms with van der Waals surface area (Å²) in [5.41, 5.74) is 0.788. The van der Waals surface area contributed by atoms with E-state index in [1.807, 2.05) is 5.38 Å². The van der Waals surface area contributed by atoms with Crippen LogP contribution in [0.15, 0.2) is 23.6 Å². The number of thiophene rings is 1. The van der Waals surface area contributed by atoms with Gasteiger partial charge in [-0.05, 0) is 40.2 Å². The number of H-pyrrole nitrogens is 1. The lowest BCUT2D eigenvalue weighted by Crippen LogP contribution is -2.10. The number of nitrogens with one attached hydrogen (secondary N) is 1. The van der Waals surface area contributed by atoms with Crippen LogP contribution in [0.1, 0.15) is 0 Å². The fourth-order valence-electron chi connectivity index (χ4n) is 1.70. The molecule has 96 valence electrons. The second-order valence-electron chi connectivity index (χ2n) is 3.79. The number of benzene rings is 1. The van der Waals surface area contributed by atoms with E-state index in [0.29, 0.717) is 5.52 Å². The Morgan fingerprint density at radius 3 is 2.53 bits per heavy atom. The van der Waals surface area contributed by atoms with Crippen LogP contribution in [0.25, 0.3) is 21.6 Å². The van der Waals surface area contributed by atoms with Crippen LogP contribution in [-0.2, 0) is 0 Å². The maximum atomic E-state index is 13.2. The Bertz CT molecular complexity index is 765. The van der Waals surface area contributed by atoms with Gasteiger partial charge in [-0.3, -0.25) is 0 Å². The molecule has 7 heteroatoms. The topological polar surface area (TPSA) is 27.0 Å². The van der Waals surface area contributed by atoms with E-state index in [2.05, 4.69) is 9.97 Å². The van der Waals surface area contributed by atoms with Gasteiger partial charge >= 0.3 is 5.82 Å². The number of halogens is 4. The average Bonchev–Trinajstić information content (AvgIpc) is 2.84. The summed E-state index contributed by atoms with van der Waals surface area (Å²) in [6, 6.07) is 3.50. The molecule has 0 radical (unpaired) electrons. The molecule has 2 nitrogen and oxygen atoms in total. The van der Waals surface area contributed by atoms with Gasteiger partial charge in [0.1, 0.15) is 10.2 Å². The van der Waals surface area contributed by atoms with Gasteiger partial charge in [-0.2, -0.15) is 0 Å². The molecule has 0 bridgehead atoms. The average molecular weight is 302 g/mol. The van der Waals surface area contributed by atoms with Crippen LogP contribution < -0.4 is 4.98 Å². The molecule has 1 aromatic carbocycles. The highest BCUT2D eigenvalue weighted by Crippen LogP contribution is 2.27. The van der Waals surface area contributed by atoms with Crippen LogP contribution in [0.5, 0.6) is 0 Å². The first kappa shape index (κ1) is 12.4. The van der Waals surface area contributed by atoms with Gasteiger partial charge in [0.05, 0.1) is 5.56 Å². The maximum absolute atomic E-state index is 13.2. The number of hydrogen-bond donors (Lipinski definition) is 0. The largest absolute Gasteiger partial charge is 0.330 e. The summed E-state index contributed by atoms with van der Waals surface area (Å²) in [5, 5.41) is 2.04. The van der Waals surface area contributed by atoms with Crippen molar-refractivity contribution in [3.8, 4) is 11.4 Å². The number of aromatic amines is 1. The number of nitrogens with zero attached hydrogens (tertiary/aromatic N) is 1. The molecule has 0 aliphatic heterocycles. The molecule has 3 aromatic rings. The molecule has 0 unspecified atom stereocenters. The van der Waals surface area contributed by atoms with Crippen LogP contribution in [0.3, 0.4) is 0 Å². The van der Waals surface area contributed by atoms with E-state index in [-0.39, 0.29) is 16.5 Å². The predicted octanol–water partition coefficient (Wildman–Crippen LogP) is 3.85. The Balaban J connectivity index is 2.24. The normalized spacial score (nSPS) is 11.2. The summed E-state index contributed by atoms with van der Waals surface area (Å²) >= 11 is 7.37. The Labute approximate surface area is 114 Å². The summed E-state index contributed by atoms with van der Waals surface area (Å²) in [4.78, 5) is 6.92. The van der Waals surface area contributed by atoms with Crippen molar-refractivity contribution in [2.24, 2.45) is 0 Å². The van der Waals surface area contributed by atoms with Gasteiger partial charge in [-0.25, -0.2) is 18.2 Å². The number of rotatable bonds is 1. The first-order valence-electron chi connectivity index (χ1n) is 5.17. The Morgan fingerprint density at radius 2 is 1.84 bits per heavy atom. The summed E-state index contributed by atoms with van der Waals surface area (Å²) in [6.45, 7) is 0. The van der Waals surface area contributed by atoms with Crippen molar-refractivity contribution in [3.05, 3.63) is 46.2 Å². The highest BCUT2D eigenvalue weighted by molar-refractivity contribution is 7.17. The van der Waals surface area contributed by atoms with Gasteiger partial charge in [-0.15, -0.1) is 11.3 Å². The van der Waals surface area contributed by atoms with E-state index < -0.39 is 17.5 Å². The van der Waals surface area contributed by atoms with Gasteiger partial charge in [0.2, 0.25) is 0 Å². The first-order chi connectivity index (χ1) is 9.06. The third-order valence-electron chi connectivity index (χ3n) is 2.57. The van der Waals surface area contributed by atoms with Crippen LogP contribution >= 0.6 is 22.9 Å². The fourth-order valence-corrected chi connectivity index (χ4v) is 2.75. The van der Waals surface area contributed by atoms with Crippen molar-refractivity contribution in [1.82, 2.24) is 4.98 Å². The highest BCUT2D eigenvalue weighted by Gasteiger charge is 2.20. The summed E-state index contributed by atoms with van der Waals surface area (Å²) in [6.07, 6.45) is 0. The number of hydrogen-bond acceptors (Lipinski definition) is 2. The van der Waals surface area contributed by atoms with Crippen LogP contribution in [-0.4, -0.2) is 4.98 Å². The lowest BCUT2D eigenvalue weighted by Gasteiger charge is -1.98. The minimum Gasteiger partial charge on any atom is -0.235 e. The molecule has 19 heavy (non-hydrogen) atoms. The second kappa shape index (κ2) is 4.47. The molecular weight excluding hydrogens is 297 g/mol. The molecule has 2 heterocycles. The van der Waals surface area contributed by atoms with E-state index in [1.54, 1.807) is 6.07 Å². The zero-order valence-corrected chi connectivity index (χ0v) is 10.7. The zero-order chi connectivity index (χ0) is 13.6. The molecule has 1 N–H and O–H groups in total. The van der Waals surface area contributed by atoms with E-state index in [1.165, 1.54) is 11.3 Å². The summed E-state index contributed by atoms with van der Waals surface area (Å²) in [7, 11) is 0. The van der Waals surface area contributed by atoms with Gasteiger partial charge in [0, 0.05) is 0 Å². The molecule has 0 fully saturated rings. The number of aromatic nitrogens is 2. The SMILES string of the molecule is Fc1cc(-c2nc(Cl)c3sccc3[nH+]2)cc(F)c1F. The van der Waals surface area contributed by atoms with Crippen molar-refractivity contribution >= 4 is 33.2 Å². The van der Waals surface area contributed by atoms with E-state index >= 15 is 0 Å². The molecule has 0 aliphatic rings. The van der Waals surface area contributed by atoms with Crippen molar-refractivity contribution < 1.29 is 18.2 Å². The first-order valence-corrected chi connectivity index (χ1v) is 6.43.